The molecule has 10 rings (SSSR count). The third-order valence-corrected chi connectivity index (χ3v) is 12.3. The maximum absolute atomic E-state index is 14.4. The molecule has 0 radical (unpaired) electrons. The molecule has 8 aliphatic carbocycles. The number of carbonyl (C=O) groups is 3. The first-order chi connectivity index (χ1) is 21.1. The van der Waals surface area contributed by atoms with E-state index < -0.39 is 23.0 Å². The number of hydrogen-bond acceptors (Lipinski definition) is 6. The lowest BCUT2D eigenvalue weighted by molar-refractivity contribution is -0.684. The minimum atomic E-state index is -0.681. The van der Waals surface area contributed by atoms with Crippen molar-refractivity contribution in [2.45, 2.75) is 115 Å². The lowest BCUT2D eigenvalue weighted by Crippen LogP contribution is -3.00. The first-order valence-corrected chi connectivity index (χ1v) is 17.0. The third kappa shape index (κ3) is 6.15. The van der Waals surface area contributed by atoms with Gasteiger partial charge in [-0.3, -0.25) is 4.79 Å². The minimum Gasteiger partial charge on any atom is -1.00 e. The van der Waals surface area contributed by atoms with Gasteiger partial charge in [-0.2, -0.15) is 4.57 Å². The number of amides is 1. The van der Waals surface area contributed by atoms with E-state index in [9.17, 15) is 14.4 Å². The van der Waals surface area contributed by atoms with Gasteiger partial charge >= 0.3 is 11.9 Å². The summed E-state index contributed by atoms with van der Waals surface area (Å²) >= 11 is 0. The minimum absolute atomic E-state index is 0. The molecule has 3 N–H and O–H groups in total. The van der Waals surface area contributed by atoms with Gasteiger partial charge in [0, 0.05) is 23.0 Å². The van der Waals surface area contributed by atoms with Crippen molar-refractivity contribution >= 4 is 41.8 Å². The largest absolute Gasteiger partial charge is 1.00 e. The summed E-state index contributed by atoms with van der Waals surface area (Å²) in [5, 5.41) is 3.38. The van der Waals surface area contributed by atoms with E-state index in [-0.39, 0.29) is 66.4 Å². The van der Waals surface area contributed by atoms with Gasteiger partial charge in [0.1, 0.15) is 11.2 Å². The summed E-state index contributed by atoms with van der Waals surface area (Å²) in [5.41, 5.74) is 7.76. The normalized spacial score (nSPS) is 38.1. The fourth-order valence-electron chi connectivity index (χ4n) is 11.7. The van der Waals surface area contributed by atoms with Gasteiger partial charge in [0.25, 0.3) is 5.91 Å². The van der Waals surface area contributed by atoms with Gasteiger partial charge in [-0.1, -0.05) is 0 Å². The molecule has 1 aromatic heterocycles. The number of primary amides is 1. The molecule has 10 heteroatoms. The Morgan fingerprint density at radius 1 is 0.783 bits per heavy atom. The number of nitrogens with one attached hydrogen (secondary N) is 1. The Morgan fingerprint density at radius 3 is 1.54 bits per heavy atom. The number of halogens is 2. The molecular formula is C36H47I2N3O5. The molecule has 0 unspecified atom stereocenters. The number of ether oxygens (including phenoxy) is 2. The van der Waals surface area contributed by atoms with E-state index in [1.165, 1.54) is 38.5 Å². The van der Waals surface area contributed by atoms with E-state index in [1.807, 2.05) is 32.2 Å². The molecule has 0 atom stereocenters. The highest BCUT2D eigenvalue weighted by Crippen LogP contribution is 2.59. The molecule has 8 saturated carbocycles. The lowest BCUT2D eigenvalue weighted by atomic mass is 9.54. The molecule has 1 aliphatic heterocycles. The molecule has 1 aromatic rings. The molecule has 250 valence electrons. The molecule has 0 spiro atoms. The van der Waals surface area contributed by atoms with Crippen molar-refractivity contribution < 1.29 is 52.4 Å². The van der Waals surface area contributed by atoms with E-state index in [0.29, 0.717) is 58.0 Å². The second kappa shape index (κ2) is 12.6. The summed E-state index contributed by atoms with van der Waals surface area (Å²) in [6.07, 6.45) is 16.8. The molecular weight excluding hydrogens is 808 g/mol. The quantitative estimate of drug-likeness (QED) is 0.248. The Balaban J connectivity index is 0.00000186. The van der Waals surface area contributed by atoms with Crippen molar-refractivity contribution in [1.82, 2.24) is 5.32 Å². The summed E-state index contributed by atoms with van der Waals surface area (Å²) in [4.78, 5) is 40.7. The Labute approximate surface area is 306 Å². The van der Waals surface area contributed by atoms with E-state index in [1.54, 1.807) is 10.8 Å². The van der Waals surface area contributed by atoms with E-state index >= 15 is 0 Å². The molecule has 46 heavy (non-hydrogen) atoms. The number of nitrogens with two attached hydrogens (primary N) is 1. The summed E-state index contributed by atoms with van der Waals surface area (Å²) in [6.45, 7) is 3.80. The number of dihydropyridines is 1. The van der Waals surface area contributed by atoms with Crippen LogP contribution in [0.5, 0.6) is 0 Å². The van der Waals surface area contributed by atoms with Crippen molar-refractivity contribution in [3.05, 3.63) is 52.6 Å². The van der Waals surface area contributed by atoms with Crippen LogP contribution in [0.2, 0.25) is 0 Å². The summed E-state index contributed by atoms with van der Waals surface area (Å²) in [5.74, 6) is 1.99. The van der Waals surface area contributed by atoms with Crippen LogP contribution in [0, 0.1) is 35.5 Å². The average molecular weight is 856 g/mol. The zero-order chi connectivity index (χ0) is 30.4. The lowest BCUT2D eigenvalue weighted by Gasteiger charge is -2.56. The first kappa shape index (κ1) is 34.2. The summed E-state index contributed by atoms with van der Waals surface area (Å²) in [7, 11) is 0. The van der Waals surface area contributed by atoms with Crippen LogP contribution < -0.4 is 39.6 Å². The van der Waals surface area contributed by atoms with Crippen LogP contribution in [0.3, 0.4) is 0 Å². The number of esters is 2. The first-order valence-electron chi connectivity index (χ1n) is 17.0. The van der Waals surface area contributed by atoms with Gasteiger partial charge < -0.3 is 44.5 Å². The van der Waals surface area contributed by atoms with Crippen LogP contribution in [0.4, 0.5) is 0 Å². The van der Waals surface area contributed by atoms with E-state index in [4.69, 9.17) is 15.2 Å². The number of nitrogens with zero attached hydrogens (tertiary/aromatic N) is 1. The molecule has 8 fully saturated rings. The number of aromatic nitrogens is 1. The molecule has 8 nitrogen and oxygen atoms in total. The second-order valence-corrected chi connectivity index (χ2v) is 15.9. The topological polar surface area (TPSA) is 112 Å². The van der Waals surface area contributed by atoms with Gasteiger partial charge in [-0.15, -0.1) is 24.0 Å². The van der Waals surface area contributed by atoms with Crippen LogP contribution in [0.15, 0.2) is 47.1 Å². The van der Waals surface area contributed by atoms with Crippen molar-refractivity contribution in [3.8, 4) is 0 Å². The number of rotatable bonds is 7. The van der Waals surface area contributed by atoms with Gasteiger partial charge in [0.15, 0.2) is 12.4 Å². The maximum Gasteiger partial charge on any atom is 0.337 e. The van der Waals surface area contributed by atoms with Crippen molar-refractivity contribution in [1.29, 1.82) is 0 Å². The highest BCUT2D eigenvalue weighted by molar-refractivity contribution is 14.0. The predicted octanol–water partition coefficient (Wildman–Crippen LogP) is 2.34. The van der Waals surface area contributed by atoms with Gasteiger partial charge in [-0.05, 0) is 132 Å². The zero-order valence-corrected chi connectivity index (χ0v) is 31.4. The number of carbonyl (C=O) groups excluding carboxylic acids is 3. The molecule has 0 aromatic carbocycles. The van der Waals surface area contributed by atoms with Crippen molar-refractivity contribution in [2.75, 3.05) is 0 Å². The predicted molar refractivity (Wildman–Crippen MR) is 177 cm³/mol. The zero-order valence-electron chi connectivity index (χ0n) is 26.9. The standard InChI is InChI=1S/C36H45N3O5.2HI/c1-20-30(33(41)43-35-12-22-6-23(13-35)8-24(7-22)14-35)32(28-4-3-5-39(18-28)19-29(37)40)31(21(2)38-20)34(42)44-36-15-25-9-26(16-36)11-27(10-25)17-36;;/h3-5,18,22-27,32H,6-17,19H2,1-2H3,(H2-,37,38,40,41,42);2*1H. The van der Waals surface area contributed by atoms with E-state index in [0.717, 1.165) is 44.1 Å². The van der Waals surface area contributed by atoms with E-state index in [2.05, 4.69) is 5.32 Å². The van der Waals surface area contributed by atoms with Crippen molar-refractivity contribution in [3.63, 3.8) is 0 Å². The average Bonchev–Trinajstić information content (AvgIpc) is 2.90. The fraction of sp³-hybridized carbons (Fsp3) is 0.667. The summed E-state index contributed by atoms with van der Waals surface area (Å²) < 4.78 is 14.9. The Bertz CT molecular complexity index is 1350. The SMILES string of the molecule is CC1=C(C(=O)OC23CC4CC(CC(C4)C2)C3)C(c2ccc[n+](CC(N)=O)c2)C(C(=O)OC23CC4CC(CC(C4)C2)C3)=C(C)N1.I.[I-]. The molecule has 1 amide bonds. The third-order valence-electron chi connectivity index (χ3n) is 12.3. The highest BCUT2D eigenvalue weighted by atomic mass is 127. The monoisotopic (exact) mass is 855 g/mol. The number of hydrogen-bond donors (Lipinski definition) is 2. The smallest absolute Gasteiger partial charge is 0.337 e. The molecule has 9 aliphatic rings. The van der Waals surface area contributed by atoms with Gasteiger partial charge in [0.05, 0.1) is 17.1 Å². The van der Waals surface area contributed by atoms with Gasteiger partial charge in [0.2, 0.25) is 6.54 Å². The van der Waals surface area contributed by atoms with Crippen LogP contribution in [0.25, 0.3) is 0 Å². The van der Waals surface area contributed by atoms with Gasteiger partial charge in [-0.25, -0.2) is 9.59 Å². The molecule has 2 heterocycles. The Kier molecular flexibility index (Phi) is 9.39. The van der Waals surface area contributed by atoms with Crippen LogP contribution in [-0.4, -0.2) is 29.0 Å². The molecule has 8 bridgehead atoms. The maximum atomic E-state index is 14.4. The fourth-order valence-corrected chi connectivity index (χ4v) is 11.7. The number of pyridine rings is 1. The van der Waals surface area contributed by atoms with Crippen LogP contribution in [-0.2, 0) is 30.4 Å². The number of allylic oxidation sites excluding steroid dienone is 2. The summed E-state index contributed by atoms with van der Waals surface area (Å²) in [6, 6.07) is 3.76. The Morgan fingerprint density at radius 2 is 1.17 bits per heavy atom. The van der Waals surface area contributed by atoms with Crippen LogP contribution >= 0.6 is 24.0 Å². The molecule has 0 saturated heterocycles. The Hall–Kier alpha value is -1.70. The van der Waals surface area contributed by atoms with Crippen LogP contribution in [0.1, 0.15) is 102 Å². The highest BCUT2D eigenvalue weighted by Gasteiger charge is 2.56. The van der Waals surface area contributed by atoms with Crippen molar-refractivity contribution in [2.24, 2.45) is 41.2 Å². The second-order valence-electron chi connectivity index (χ2n) is 15.9.